The molecule has 2 aromatic heterocycles. The van der Waals surface area contributed by atoms with E-state index in [-0.39, 0.29) is 34.4 Å². The van der Waals surface area contributed by atoms with Crippen molar-refractivity contribution in [1.29, 1.82) is 0 Å². The van der Waals surface area contributed by atoms with E-state index in [0.29, 0.717) is 5.82 Å². The highest BCUT2D eigenvalue weighted by atomic mass is 19.4. The largest absolute Gasteiger partial charge is 0.416 e. The molecule has 0 unspecified atom stereocenters. The summed E-state index contributed by atoms with van der Waals surface area (Å²) in [6, 6.07) is 14.2. The van der Waals surface area contributed by atoms with Gasteiger partial charge in [-0.05, 0) is 43.3 Å². The first-order valence-electron chi connectivity index (χ1n) is 9.73. The van der Waals surface area contributed by atoms with Crippen LogP contribution in [0.4, 0.5) is 19.0 Å². The van der Waals surface area contributed by atoms with Gasteiger partial charge in [-0.25, -0.2) is 9.97 Å². The molecule has 0 aliphatic heterocycles. The van der Waals surface area contributed by atoms with Gasteiger partial charge in [-0.2, -0.15) is 13.2 Å². The fourth-order valence-electron chi connectivity index (χ4n) is 3.40. The van der Waals surface area contributed by atoms with Gasteiger partial charge >= 0.3 is 6.18 Å². The molecule has 9 heteroatoms. The highest BCUT2D eigenvalue weighted by Crippen LogP contribution is 2.32. The van der Waals surface area contributed by atoms with Crippen LogP contribution in [0.15, 0.2) is 71.7 Å². The van der Waals surface area contributed by atoms with Crippen molar-refractivity contribution in [3.8, 4) is 11.4 Å². The lowest BCUT2D eigenvalue weighted by atomic mass is 10.1. The van der Waals surface area contributed by atoms with Crippen LogP contribution in [0, 0.1) is 0 Å². The molecule has 0 radical (unpaired) electrons. The van der Waals surface area contributed by atoms with E-state index in [1.807, 2.05) is 0 Å². The first-order valence-corrected chi connectivity index (χ1v) is 9.73. The number of aromatic nitrogens is 3. The van der Waals surface area contributed by atoms with Gasteiger partial charge in [0.25, 0.3) is 11.5 Å². The molecular formula is C23H17F3N4O2. The van der Waals surface area contributed by atoms with Crippen molar-refractivity contribution in [2.75, 3.05) is 5.32 Å². The number of carbonyl (C=O) groups excluding carboxylic acids is 1. The van der Waals surface area contributed by atoms with E-state index in [2.05, 4.69) is 15.3 Å². The van der Waals surface area contributed by atoms with Gasteiger partial charge in [0, 0.05) is 18.3 Å². The summed E-state index contributed by atoms with van der Waals surface area (Å²) in [5.41, 5.74) is -0.962. The number of halogens is 3. The highest BCUT2D eigenvalue weighted by molar-refractivity contribution is 6.11. The zero-order valence-electron chi connectivity index (χ0n) is 16.8. The summed E-state index contributed by atoms with van der Waals surface area (Å²) in [6.45, 7) is 1.89. The second-order valence-electron chi connectivity index (χ2n) is 6.93. The summed E-state index contributed by atoms with van der Waals surface area (Å²) in [5.74, 6) is -0.172. The Balaban J connectivity index is 1.91. The molecular weight excluding hydrogens is 421 g/mol. The van der Waals surface area contributed by atoms with Gasteiger partial charge in [0.05, 0.1) is 22.0 Å². The summed E-state index contributed by atoms with van der Waals surface area (Å²) in [6.07, 6.45) is -3.03. The average Bonchev–Trinajstić information content (AvgIpc) is 2.79. The van der Waals surface area contributed by atoms with Crippen LogP contribution < -0.4 is 10.9 Å². The Labute approximate surface area is 180 Å². The quantitative estimate of drug-likeness (QED) is 0.499. The Bertz CT molecular complexity index is 1370. The van der Waals surface area contributed by atoms with E-state index in [4.69, 9.17) is 0 Å². The number of nitrogens with zero attached hydrogens (tertiary/aromatic N) is 3. The van der Waals surface area contributed by atoms with Crippen molar-refractivity contribution in [2.45, 2.75) is 19.6 Å². The third kappa shape index (κ3) is 3.96. The Hall–Kier alpha value is -4.01. The number of hydrogen-bond donors (Lipinski definition) is 1. The second kappa shape index (κ2) is 8.26. The molecule has 0 atom stereocenters. The third-order valence-corrected chi connectivity index (χ3v) is 4.90. The second-order valence-corrected chi connectivity index (χ2v) is 6.93. The number of nitrogens with one attached hydrogen (secondary N) is 1. The van der Waals surface area contributed by atoms with Gasteiger partial charge in [-0.3, -0.25) is 14.2 Å². The van der Waals surface area contributed by atoms with Crippen LogP contribution in [0.3, 0.4) is 0 Å². The molecule has 6 nitrogen and oxygen atoms in total. The summed E-state index contributed by atoms with van der Waals surface area (Å²) >= 11 is 0. The molecule has 4 rings (SSSR count). The van der Waals surface area contributed by atoms with Crippen molar-refractivity contribution in [2.24, 2.45) is 0 Å². The molecule has 162 valence electrons. The molecule has 1 N–H and O–H groups in total. The van der Waals surface area contributed by atoms with E-state index in [1.165, 1.54) is 35.0 Å². The first-order chi connectivity index (χ1) is 15.3. The van der Waals surface area contributed by atoms with Crippen molar-refractivity contribution in [3.63, 3.8) is 0 Å². The molecule has 2 aromatic carbocycles. The maximum Gasteiger partial charge on any atom is 0.416 e. The van der Waals surface area contributed by atoms with Gasteiger partial charge < -0.3 is 5.32 Å². The number of pyridine rings is 1. The Morgan fingerprint density at radius 3 is 2.53 bits per heavy atom. The van der Waals surface area contributed by atoms with E-state index >= 15 is 0 Å². The minimum absolute atomic E-state index is 0.0502. The molecule has 4 aromatic rings. The van der Waals surface area contributed by atoms with Crippen molar-refractivity contribution in [1.82, 2.24) is 14.5 Å². The van der Waals surface area contributed by atoms with Crippen molar-refractivity contribution >= 4 is 22.6 Å². The summed E-state index contributed by atoms with van der Waals surface area (Å²) in [4.78, 5) is 34.5. The number of benzene rings is 2. The summed E-state index contributed by atoms with van der Waals surface area (Å²) < 4.78 is 41.0. The molecule has 0 fully saturated rings. The number of alkyl halides is 3. The van der Waals surface area contributed by atoms with Crippen LogP contribution in [0.1, 0.15) is 22.8 Å². The van der Waals surface area contributed by atoms with Gasteiger partial charge in [0.2, 0.25) is 0 Å². The van der Waals surface area contributed by atoms with E-state index in [0.717, 1.165) is 12.1 Å². The molecule has 0 saturated carbocycles. The minimum atomic E-state index is -4.54. The van der Waals surface area contributed by atoms with E-state index in [9.17, 15) is 22.8 Å². The zero-order chi connectivity index (χ0) is 22.9. The maximum absolute atomic E-state index is 13.2. The maximum atomic E-state index is 13.2. The molecule has 0 bridgehead atoms. The number of fused-ring (bicyclic) bond motifs is 1. The van der Waals surface area contributed by atoms with Gasteiger partial charge in [-0.15, -0.1) is 0 Å². The predicted octanol–water partition coefficient (Wildman–Crippen LogP) is 4.75. The van der Waals surface area contributed by atoms with Crippen LogP contribution in [0.2, 0.25) is 0 Å². The Kier molecular flexibility index (Phi) is 5.48. The standard InChI is InChI=1S/C23H17F3N4O2/c1-2-30-20(14-7-5-8-15(13-14)23(24,25)26)29-19-16(9-6-10-17(19)22(30)32)21(31)28-18-11-3-4-12-27-18/h3-13H,2H2,1H3,(H,27,28,31). The van der Waals surface area contributed by atoms with Gasteiger partial charge in [0.15, 0.2) is 0 Å². The molecule has 1 amide bonds. The summed E-state index contributed by atoms with van der Waals surface area (Å²) in [5, 5.41) is 2.83. The van der Waals surface area contributed by atoms with Crippen LogP contribution in [0.5, 0.6) is 0 Å². The minimum Gasteiger partial charge on any atom is -0.306 e. The third-order valence-electron chi connectivity index (χ3n) is 4.90. The number of hydrogen-bond acceptors (Lipinski definition) is 4. The van der Waals surface area contributed by atoms with Crippen LogP contribution >= 0.6 is 0 Å². The lowest BCUT2D eigenvalue weighted by molar-refractivity contribution is -0.137. The number of rotatable bonds is 4. The first kappa shape index (κ1) is 21.2. The fraction of sp³-hybridized carbons (Fsp3) is 0.130. The molecule has 0 aliphatic carbocycles. The predicted molar refractivity (Wildman–Crippen MR) is 114 cm³/mol. The monoisotopic (exact) mass is 438 g/mol. The SMILES string of the molecule is CCn1c(-c2cccc(C(F)(F)F)c2)nc2c(C(=O)Nc3ccccn3)cccc2c1=O. The van der Waals surface area contributed by atoms with Crippen LogP contribution in [0.25, 0.3) is 22.3 Å². The lowest BCUT2D eigenvalue weighted by Crippen LogP contribution is -2.24. The molecule has 0 saturated heterocycles. The normalized spacial score (nSPS) is 11.5. The molecule has 32 heavy (non-hydrogen) atoms. The van der Waals surface area contributed by atoms with Crippen LogP contribution in [-0.2, 0) is 12.7 Å². The van der Waals surface area contributed by atoms with E-state index < -0.39 is 23.2 Å². The van der Waals surface area contributed by atoms with Crippen molar-refractivity contribution in [3.05, 3.63) is 88.3 Å². The zero-order valence-corrected chi connectivity index (χ0v) is 16.8. The van der Waals surface area contributed by atoms with Crippen molar-refractivity contribution < 1.29 is 18.0 Å². The topological polar surface area (TPSA) is 76.9 Å². The van der Waals surface area contributed by atoms with Crippen LogP contribution in [-0.4, -0.2) is 20.4 Å². The number of amides is 1. The molecule has 0 spiro atoms. The average molecular weight is 438 g/mol. The number of carbonyl (C=O) groups is 1. The van der Waals surface area contributed by atoms with E-state index in [1.54, 1.807) is 31.2 Å². The highest BCUT2D eigenvalue weighted by Gasteiger charge is 2.31. The summed E-state index contributed by atoms with van der Waals surface area (Å²) in [7, 11) is 0. The lowest BCUT2D eigenvalue weighted by Gasteiger charge is -2.15. The molecule has 2 heterocycles. The smallest absolute Gasteiger partial charge is 0.306 e. The van der Waals surface area contributed by atoms with Gasteiger partial charge in [0.1, 0.15) is 11.6 Å². The Morgan fingerprint density at radius 1 is 1.06 bits per heavy atom. The fourth-order valence-corrected chi connectivity index (χ4v) is 3.40. The number of anilines is 1. The molecule has 0 aliphatic rings. The van der Waals surface area contributed by atoms with Gasteiger partial charge in [-0.1, -0.05) is 24.3 Å². The Morgan fingerprint density at radius 2 is 1.84 bits per heavy atom. The number of para-hydroxylation sites is 1.